The van der Waals surface area contributed by atoms with E-state index in [0.717, 1.165) is 22.3 Å². The molecule has 4 nitrogen and oxygen atoms in total. The molecule has 0 saturated heterocycles. The lowest BCUT2D eigenvalue weighted by Crippen LogP contribution is -2.35. The van der Waals surface area contributed by atoms with Gasteiger partial charge in [-0.1, -0.05) is 32.4 Å². The van der Waals surface area contributed by atoms with Crippen molar-refractivity contribution in [1.82, 2.24) is 4.90 Å². The number of aryl methyl sites for hydroxylation is 2. The average Bonchev–Trinajstić information content (AvgIpc) is 2.92. The van der Waals surface area contributed by atoms with Crippen LogP contribution in [0.1, 0.15) is 51.9 Å². The van der Waals surface area contributed by atoms with Crippen molar-refractivity contribution < 1.29 is 9.59 Å². The summed E-state index contributed by atoms with van der Waals surface area (Å²) in [6, 6.07) is 5.79. The van der Waals surface area contributed by atoms with Crippen LogP contribution in [0.15, 0.2) is 23.6 Å². The van der Waals surface area contributed by atoms with Gasteiger partial charge in [0.1, 0.15) is 0 Å². The molecule has 0 saturated carbocycles. The molecule has 2 rings (SSSR count). The molecule has 2 aromatic rings. The van der Waals surface area contributed by atoms with Gasteiger partial charge in [-0.2, -0.15) is 0 Å². The Kier molecular flexibility index (Phi) is 5.37. The van der Waals surface area contributed by atoms with Crippen molar-refractivity contribution in [2.45, 2.75) is 34.6 Å². The van der Waals surface area contributed by atoms with Crippen LogP contribution in [0.5, 0.6) is 0 Å². The van der Waals surface area contributed by atoms with Crippen LogP contribution in [0.4, 0.5) is 0 Å². The molecule has 134 valence electrons. The fourth-order valence-corrected chi connectivity index (χ4v) is 3.93. The number of hydrogen-bond donors (Lipinski definition) is 1. The molecule has 0 spiro atoms. The Balaban J connectivity index is 2.61. The third-order valence-corrected chi connectivity index (χ3v) is 4.86. The van der Waals surface area contributed by atoms with E-state index in [-0.39, 0.29) is 11.3 Å². The van der Waals surface area contributed by atoms with E-state index in [0.29, 0.717) is 17.0 Å². The Morgan fingerprint density at radius 3 is 2.40 bits per heavy atom. The van der Waals surface area contributed by atoms with Gasteiger partial charge in [0.2, 0.25) is 0 Å². The smallest absolute Gasteiger partial charge is 0.259 e. The number of amides is 2. The van der Waals surface area contributed by atoms with Crippen LogP contribution in [0.25, 0.3) is 11.1 Å². The molecule has 2 amide bonds. The van der Waals surface area contributed by atoms with Crippen molar-refractivity contribution >= 4 is 23.2 Å². The molecular weight excluding hydrogens is 332 g/mol. The number of carbonyl (C=O) groups is 2. The fraction of sp³-hybridized carbons (Fsp3) is 0.400. The van der Waals surface area contributed by atoms with Crippen LogP contribution in [-0.4, -0.2) is 30.3 Å². The van der Waals surface area contributed by atoms with Crippen molar-refractivity contribution in [3.8, 4) is 11.1 Å². The topological polar surface area (TPSA) is 63.4 Å². The molecule has 0 radical (unpaired) electrons. The number of nitrogens with two attached hydrogens (primary N) is 1. The number of carbonyl (C=O) groups excluding carboxylic acids is 2. The van der Waals surface area contributed by atoms with Crippen molar-refractivity contribution in [3.63, 3.8) is 0 Å². The summed E-state index contributed by atoms with van der Waals surface area (Å²) in [5, 5.41) is 1.84. The first kappa shape index (κ1) is 19.2. The summed E-state index contributed by atoms with van der Waals surface area (Å²) in [7, 11) is 1.82. The maximum absolute atomic E-state index is 13.1. The fourth-order valence-electron chi connectivity index (χ4n) is 3.18. The second-order valence-corrected chi connectivity index (χ2v) is 8.67. The highest BCUT2D eigenvalue weighted by atomic mass is 32.1. The molecule has 0 aliphatic rings. The minimum absolute atomic E-state index is 0.00418. The zero-order valence-electron chi connectivity index (χ0n) is 15.8. The molecule has 0 fully saturated rings. The predicted molar refractivity (Wildman–Crippen MR) is 104 cm³/mol. The van der Waals surface area contributed by atoms with Gasteiger partial charge in [-0.15, -0.1) is 11.3 Å². The third-order valence-electron chi connectivity index (χ3n) is 3.93. The highest BCUT2D eigenvalue weighted by Crippen LogP contribution is 2.35. The Morgan fingerprint density at radius 2 is 1.84 bits per heavy atom. The minimum Gasteiger partial charge on any atom is -0.365 e. The van der Waals surface area contributed by atoms with E-state index >= 15 is 0 Å². The lowest BCUT2D eigenvalue weighted by molar-refractivity contribution is 0.0746. The summed E-state index contributed by atoms with van der Waals surface area (Å²) in [6.07, 6.45) is 0. The normalized spacial score (nSPS) is 11.4. The molecule has 0 atom stereocenters. The summed E-state index contributed by atoms with van der Waals surface area (Å²) in [5.74, 6) is -0.509. The first-order chi connectivity index (χ1) is 11.5. The Morgan fingerprint density at radius 1 is 1.20 bits per heavy atom. The van der Waals surface area contributed by atoms with Crippen LogP contribution in [-0.2, 0) is 0 Å². The maximum atomic E-state index is 13.1. The highest BCUT2D eigenvalue weighted by molar-refractivity contribution is 7.12. The SMILES string of the molecule is Cc1cc(C)c(-c2ccsc2C(N)=O)c(C(=O)N(C)CC(C)(C)C)c1. The van der Waals surface area contributed by atoms with Crippen LogP contribution in [0.3, 0.4) is 0 Å². The molecule has 0 aliphatic heterocycles. The van der Waals surface area contributed by atoms with Gasteiger partial charge in [-0.3, -0.25) is 9.59 Å². The Labute approximate surface area is 153 Å². The molecule has 1 aromatic carbocycles. The van der Waals surface area contributed by atoms with Crippen LogP contribution in [0.2, 0.25) is 0 Å². The Bertz CT molecular complexity index is 816. The molecule has 5 heteroatoms. The van der Waals surface area contributed by atoms with Gasteiger partial charge in [0.15, 0.2) is 0 Å². The van der Waals surface area contributed by atoms with E-state index in [1.807, 2.05) is 44.5 Å². The van der Waals surface area contributed by atoms with E-state index in [4.69, 9.17) is 5.73 Å². The van der Waals surface area contributed by atoms with Crippen molar-refractivity contribution in [3.05, 3.63) is 45.1 Å². The highest BCUT2D eigenvalue weighted by Gasteiger charge is 2.25. The second kappa shape index (κ2) is 7.00. The van der Waals surface area contributed by atoms with E-state index in [9.17, 15) is 9.59 Å². The first-order valence-electron chi connectivity index (χ1n) is 8.25. The van der Waals surface area contributed by atoms with Gasteiger partial charge in [0.05, 0.1) is 4.88 Å². The number of nitrogens with zero attached hydrogens (tertiary/aromatic N) is 1. The van der Waals surface area contributed by atoms with Crippen molar-refractivity contribution in [2.75, 3.05) is 13.6 Å². The maximum Gasteiger partial charge on any atom is 0.259 e. The van der Waals surface area contributed by atoms with Gasteiger partial charge in [0, 0.05) is 24.7 Å². The number of thiophene rings is 1. The van der Waals surface area contributed by atoms with Gasteiger partial charge >= 0.3 is 0 Å². The second-order valence-electron chi connectivity index (χ2n) is 7.75. The van der Waals surface area contributed by atoms with Crippen LogP contribution < -0.4 is 5.73 Å². The monoisotopic (exact) mass is 358 g/mol. The zero-order valence-corrected chi connectivity index (χ0v) is 16.6. The lowest BCUT2D eigenvalue weighted by Gasteiger charge is -2.28. The van der Waals surface area contributed by atoms with Crippen molar-refractivity contribution in [1.29, 1.82) is 0 Å². The van der Waals surface area contributed by atoms with Gasteiger partial charge in [-0.25, -0.2) is 0 Å². The molecule has 0 bridgehead atoms. The number of hydrogen-bond acceptors (Lipinski definition) is 3. The van der Waals surface area contributed by atoms with Crippen molar-refractivity contribution in [2.24, 2.45) is 11.1 Å². The number of rotatable bonds is 4. The third kappa shape index (κ3) is 4.28. The standard InChI is InChI=1S/C20H26N2O2S/c1-12-9-13(2)16(14-7-8-25-17(14)18(21)23)15(10-12)19(24)22(6)11-20(3,4)5/h7-10H,11H2,1-6H3,(H2,21,23). The average molecular weight is 359 g/mol. The zero-order chi connectivity index (χ0) is 18.9. The van der Waals surface area contributed by atoms with Crippen LogP contribution in [0, 0.1) is 19.3 Å². The van der Waals surface area contributed by atoms with Crippen LogP contribution >= 0.6 is 11.3 Å². The van der Waals surface area contributed by atoms with Gasteiger partial charge < -0.3 is 10.6 Å². The number of primary amides is 1. The quantitative estimate of drug-likeness (QED) is 0.888. The predicted octanol–water partition coefficient (Wildman–Crippen LogP) is 4.25. The number of benzene rings is 1. The van der Waals surface area contributed by atoms with Gasteiger partial charge in [0.25, 0.3) is 11.8 Å². The molecule has 1 heterocycles. The van der Waals surface area contributed by atoms with Gasteiger partial charge in [-0.05, 0) is 47.9 Å². The first-order valence-corrected chi connectivity index (χ1v) is 9.13. The summed E-state index contributed by atoms with van der Waals surface area (Å²) in [4.78, 5) is 27.1. The molecule has 0 aliphatic carbocycles. The van der Waals surface area contributed by atoms with E-state index in [2.05, 4.69) is 20.8 Å². The lowest BCUT2D eigenvalue weighted by atomic mass is 9.91. The summed E-state index contributed by atoms with van der Waals surface area (Å²) in [5.41, 5.74) is 9.66. The molecular formula is C20H26N2O2S. The van der Waals surface area contributed by atoms with E-state index in [1.54, 1.807) is 4.90 Å². The summed E-state index contributed by atoms with van der Waals surface area (Å²) >= 11 is 1.30. The minimum atomic E-state index is -0.466. The molecule has 1 aromatic heterocycles. The van der Waals surface area contributed by atoms with E-state index < -0.39 is 5.91 Å². The molecule has 25 heavy (non-hydrogen) atoms. The van der Waals surface area contributed by atoms with E-state index in [1.165, 1.54) is 11.3 Å². The Hall–Kier alpha value is -2.14. The largest absolute Gasteiger partial charge is 0.365 e. The summed E-state index contributed by atoms with van der Waals surface area (Å²) < 4.78 is 0. The molecule has 0 unspecified atom stereocenters. The summed E-state index contributed by atoms with van der Waals surface area (Å²) in [6.45, 7) is 10.9. The molecule has 2 N–H and O–H groups in total.